The molecule has 10 heteroatoms. The smallest absolute Gasteiger partial charge is 0.308 e. The molecule has 2 amide bonds. The number of rotatable bonds is 14. The molecule has 10 nitrogen and oxygen atoms in total. The van der Waals surface area contributed by atoms with E-state index < -0.39 is 17.9 Å². The van der Waals surface area contributed by atoms with Crippen molar-refractivity contribution in [1.29, 1.82) is 0 Å². The molecule has 1 N–H and O–H groups in total. The van der Waals surface area contributed by atoms with Crippen LogP contribution in [0, 0.1) is 5.92 Å². The van der Waals surface area contributed by atoms with Crippen LogP contribution in [0.5, 0.6) is 11.5 Å². The molecule has 2 fully saturated rings. The Morgan fingerprint density at radius 1 is 1.08 bits per heavy atom. The third-order valence-electron chi connectivity index (χ3n) is 8.19. The summed E-state index contributed by atoms with van der Waals surface area (Å²) in [6.45, 7) is 6.17. The predicted octanol–water partition coefficient (Wildman–Crippen LogP) is 2.48. The maximum atomic E-state index is 13.7. The van der Waals surface area contributed by atoms with Gasteiger partial charge in [0, 0.05) is 51.1 Å². The first-order valence-corrected chi connectivity index (χ1v) is 14.3. The topological polar surface area (TPSA) is 103 Å². The van der Waals surface area contributed by atoms with Gasteiger partial charge in [0.05, 0.1) is 12.5 Å². The molecule has 3 atom stereocenters. The summed E-state index contributed by atoms with van der Waals surface area (Å²) in [6, 6.07) is 5.13. The van der Waals surface area contributed by atoms with E-state index in [2.05, 4.69) is 11.8 Å². The number of carboxylic acids is 1. The second-order valence-corrected chi connectivity index (χ2v) is 11.3. The Morgan fingerprint density at radius 2 is 1.82 bits per heavy atom. The minimum Gasteiger partial charge on any atom is -0.481 e. The van der Waals surface area contributed by atoms with Crippen LogP contribution in [0.15, 0.2) is 18.2 Å². The number of likely N-dealkylation sites (tertiary alicyclic amines) is 2. The van der Waals surface area contributed by atoms with Gasteiger partial charge in [-0.3, -0.25) is 19.3 Å². The highest BCUT2D eigenvalue weighted by atomic mass is 16.7. The number of nitrogens with zero attached hydrogens (tertiary/aromatic N) is 4. The van der Waals surface area contributed by atoms with Gasteiger partial charge in [0.15, 0.2) is 11.5 Å². The molecule has 0 unspecified atom stereocenters. The van der Waals surface area contributed by atoms with E-state index in [1.54, 1.807) is 4.90 Å². The van der Waals surface area contributed by atoms with E-state index in [9.17, 15) is 19.5 Å². The molecule has 3 aliphatic rings. The Hall–Kier alpha value is -2.85. The molecule has 0 radical (unpaired) electrons. The number of hydrogen-bond acceptors (Lipinski definition) is 7. The number of amides is 2. The second-order valence-electron chi connectivity index (χ2n) is 11.3. The van der Waals surface area contributed by atoms with Crippen LogP contribution < -0.4 is 9.47 Å². The zero-order chi connectivity index (χ0) is 27.9. The Morgan fingerprint density at radius 3 is 2.51 bits per heavy atom. The Balaban J connectivity index is 1.55. The average Bonchev–Trinajstić information content (AvgIpc) is 3.62. The molecule has 2 saturated heterocycles. The molecule has 0 saturated carbocycles. The summed E-state index contributed by atoms with van der Waals surface area (Å²) < 4.78 is 11.0. The lowest BCUT2D eigenvalue weighted by Crippen LogP contribution is -2.49. The van der Waals surface area contributed by atoms with Gasteiger partial charge in [-0.15, -0.1) is 0 Å². The normalized spacial score (nSPS) is 22.7. The van der Waals surface area contributed by atoms with E-state index in [4.69, 9.17) is 9.47 Å². The van der Waals surface area contributed by atoms with Crippen molar-refractivity contribution in [1.82, 2.24) is 19.6 Å². The molecule has 3 aliphatic heterocycles. The SMILES string of the molecule is CCCCN(CCCCN(C)C)C(=O)CN1C[C@H](c2ccc3c(c2)OCO3)[C@@H](C(=O)O)[C@@H]1CN1CCCC1=O. The molecule has 0 aliphatic carbocycles. The lowest BCUT2D eigenvalue weighted by molar-refractivity contribution is -0.144. The summed E-state index contributed by atoms with van der Waals surface area (Å²) in [7, 11) is 4.10. The van der Waals surface area contributed by atoms with Crippen LogP contribution in [0.3, 0.4) is 0 Å². The number of hydrogen-bond donors (Lipinski definition) is 1. The van der Waals surface area contributed by atoms with E-state index in [0.29, 0.717) is 50.6 Å². The van der Waals surface area contributed by atoms with Gasteiger partial charge in [-0.25, -0.2) is 0 Å². The first-order chi connectivity index (χ1) is 18.8. The van der Waals surface area contributed by atoms with Crippen molar-refractivity contribution in [2.75, 3.05) is 66.7 Å². The monoisotopic (exact) mass is 544 g/mol. The Bertz CT molecular complexity index is 1020. The summed E-state index contributed by atoms with van der Waals surface area (Å²) in [5.74, 6) is -0.649. The van der Waals surface area contributed by atoms with Crippen LogP contribution in [0.25, 0.3) is 0 Å². The molecule has 4 rings (SSSR count). The summed E-state index contributed by atoms with van der Waals surface area (Å²) in [5.41, 5.74) is 0.853. The fourth-order valence-corrected chi connectivity index (χ4v) is 6.04. The minimum atomic E-state index is -0.907. The summed E-state index contributed by atoms with van der Waals surface area (Å²) in [5, 5.41) is 10.4. The molecule has 0 aromatic heterocycles. The number of carbonyl (C=O) groups is 3. The molecule has 0 bridgehead atoms. The number of aliphatic carboxylic acids is 1. The molecule has 1 aromatic rings. The van der Waals surface area contributed by atoms with Crippen molar-refractivity contribution in [3.05, 3.63) is 23.8 Å². The molecular formula is C29H44N4O6. The van der Waals surface area contributed by atoms with E-state index >= 15 is 0 Å². The van der Waals surface area contributed by atoms with Crippen molar-refractivity contribution in [3.8, 4) is 11.5 Å². The number of ether oxygens (including phenoxy) is 2. The zero-order valence-corrected chi connectivity index (χ0v) is 23.6. The van der Waals surface area contributed by atoms with Gasteiger partial charge in [0.2, 0.25) is 18.6 Å². The van der Waals surface area contributed by atoms with E-state index in [1.165, 1.54) is 0 Å². The van der Waals surface area contributed by atoms with E-state index in [1.807, 2.05) is 42.1 Å². The second kappa shape index (κ2) is 13.5. The van der Waals surface area contributed by atoms with Gasteiger partial charge in [-0.2, -0.15) is 0 Å². The van der Waals surface area contributed by atoms with Crippen LogP contribution in [-0.2, 0) is 14.4 Å². The number of carbonyl (C=O) groups excluding carboxylic acids is 2. The highest BCUT2D eigenvalue weighted by Crippen LogP contribution is 2.42. The third kappa shape index (κ3) is 7.22. The lowest BCUT2D eigenvalue weighted by Gasteiger charge is -2.32. The predicted molar refractivity (Wildman–Crippen MR) is 147 cm³/mol. The van der Waals surface area contributed by atoms with Gasteiger partial charge >= 0.3 is 5.97 Å². The van der Waals surface area contributed by atoms with Crippen LogP contribution >= 0.6 is 0 Å². The summed E-state index contributed by atoms with van der Waals surface area (Å²) in [6.07, 6.45) is 5.15. The number of carboxylic acid groups (broad SMARTS) is 1. The summed E-state index contributed by atoms with van der Waals surface area (Å²) >= 11 is 0. The maximum Gasteiger partial charge on any atom is 0.308 e. The molecule has 216 valence electrons. The number of fused-ring (bicyclic) bond motifs is 1. The zero-order valence-electron chi connectivity index (χ0n) is 23.6. The fraction of sp³-hybridized carbons (Fsp3) is 0.690. The minimum absolute atomic E-state index is 0.0292. The maximum absolute atomic E-state index is 13.7. The molecular weight excluding hydrogens is 500 g/mol. The first kappa shape index (κ1) is 29.1. The summed E-state index contributed by atoms with van der Waals surface area (Å²) in [4.78, 5) is 46.8. The van der Waals surface area contributed by atoms with Crippen molar-refractivity contribution in [3.63, 3.8) is 0 Å². The lowest BCUT2D eigenvalue weighted by atomic mass is 9.85. The first-order valence-electron chi connectivity index (χ1n) is 14.3. The number of benzene rings is 1. The van der Waals surface area contributed by atoms with Gasteiger partial charge < -0.3 is 29.3 Å². The highest BCUT2D eigenvalue weighted by Gasteiger charge is 2.48. The quantitative estimate of drug-likeness (QED) is 0.357. The van der Waals surface area contributed by atoms with Crippen molar-refractivity contribution >= 4 is 17.8 Å². The fourth-order valence-electron chi connectivity index (χ4n) is 6.04. The Labute approximate surface area is 231 Å². The van der Waals surface area contributed by atoms with Gasteiger partial charge in [0.25, 0.3) is 0 Å². The average molecular weight is 545 g/mol. The van der Waals surface area contributed by atoms with Crippen LogP contribution in [0.2, 0.25) is 0 Å². The Kier molecular flexibility index (Phi) is 10.1. The van der Waals surface area contributed by atoms with Crippen molar-refractivity contribution < 1.29 is 29.0 Å². The molecule has 39 heavy (non-hydrogen) atoms. The van der Waals surface area contributed by atoms with Crippen molar-refractivity contribution in [2.24, 2.45) is 5.92 Å². The van der Waals surface area contributed by atoms with E-state index in [-0.39, 0.29) is 31.1 Å². The van der Waals surface area contributed by atoms with Crippen LogP contribution in [0.1, 0.15) is 56.9 Å². The van der Waals surface area contributed by atoms with Crippen LogP contribution in [-0.4, -0.2) is 115 Å². The third-order valence-corrected chi connectivity index (χ3v) is 8.19. The standard InChI is InChI=1S/C29H44N4O6/c1-4-5-13-31(14-7-6-12-30(2)3)27(35)19-33-17-22(21-10-11-24-25(16-21)39-20-38-24)28(29(36)37)23(33)18-32-15-8-9-26(32)34/h10-11,16,22-23,28H,4-9,12-15,17-20H2,1-3H3,(H,36,37)/t22-,23+,28-/m1/s1. The molecule has 0 spiro atoms. The molecule has 3 heterocycles. The largest absolute Gasteiger partial charge is 0.481 e. The van der Waals surface area contributed by atoms with E-state index in [0.717, 1.165) is 44.2 Å². The van der Waals surface area contributed by atoms with Gasteiger partial charge in [0.1, 0.15) is 0 Å². The van der Waals surface area contributed by atoms with Gasteiger partial charge in [-0.05, 0) is 64.0 Å². The molecule has 1 aromatic carbocycles. The van der Waals surface area contributed by atoms with Crippen molar-refractivity contribution in [2.45, 2.75) is 57.4 Å². The van der Waals surface area contributed by atoms with Gasteiger partial charge in [-0.1, -0.05) is 19.4 Å². The highest BCUT2D eigenvalue weighted by molar-refractivity contribution is 5.80. The van der Waals surface area contributed by atoms with Crippen LogP contribution in [0.4, 0.5) is 0 Å². The number of unbranched alkanes of at least 4 members (excludes halogenated alkanes) is 2.